The Hall–Kier alpha value is -1.39. The summed E-state index contributed by atoms with van der Waals surface area (Å²) >= 11 is 6.24. The van der Waals surface area contributed by atoms with Gasteiger partial charge in [0.2, 0.25) is 0 Å². The molecule has 4 nitrogen and oxygen atoms in total. The van der Waals surface area contributed by atoms with Crippen LogP contribution >= 0.6 is 11.6 Å². The van der Waals surface area contributed by atoms with E-state index < -0.39 is 0 Å². The maximum atomic E-state index is 6.24. The van der Waals surface area contributed by atoms with Crippen LogP contribution in [0.3, 0.4) is 0 Å². The highest BCUT2D eigenvalue weighted by Crippen LogP contribution is 2.27. The summed E-state index contributed by atoms with van der Waals surface area (Å²) in [4.78, 5) is 4.26. The molecule has 2 aromatic rings. The van der Waals surface area contributed by atoms with E-state index in [0.717, 1.165) is 29.9 Å². The van der Waals surface area contributed by atoms with Gasteiger partial charge in [0.05, 0.1) is 5.02 Å². The molecule has 90 valence electrons. The number of halogens is 1. The maximum absolute atomic E-state index is 6.24. The molecule has 0 bridgehead atoms. The minimum Gasteiger partial charge on any atom is -0.326 e. The lowest BCUT2D eigenvalue weighted by molar-refractivity contribution is 0.608. The van der Waals surface area contributed by atoms with Crippen molar-refractivity contribution in [3.05, 3.63) is 35.1 Å². The Kier molecular flexibility index (Phi) is 3.76. The van der Waals surface area contributed by atoms with Gasteiger partial charge in [0.25, 0.3) is 0 Å². The predicted molar refractivity (Wildman–Crippen MR) is 68.7 cm³/mol. The van der Waals surface area contributed by atoms with Crippen LogP contribution in [-0.2, 0) is 13.1 Å². The van der Waals surface area contributed by atoms with Gasteiger partial charge in [-0.25, -0.2) is 9.67 Å². The molecule has 0 aliphatic heterocycles. The first-order chi connectivity index (χ1) is 8.26. The van der Waals surface area contributed by atoms with E-state index in [1.807, 2.05) is 22.9 Å². The second-order valence-corrected chi connectivity index (χ2v) is 4.23. The lowest BCUT2D eigenvalue weighted by atomic mass is 10.1. The van der Waals surface area contributed by atoms with Gasteiger partial charge in [0, 0.05) is 18.7 Å². The number of rotatable bonds is 4. The van der Waals surface area contributed by atoms with E-state index in [1.54, 1.807) is 6.33 Å². The van der Waals surface area contributed by atoms with Crippen LogP contribution in [0.5, 0.6) is 0 Å². The molecular formula is C12H15ClN4. The number of aromatic nitrogens is 3. The largest absolute Gasteiger partial charge is 0.326 e. The lowest BCUT2D eigenvalue weighted by Crippen LogP contribution is -2.02. The third-order valence-electron chi connectivity index (χ3n) is 2.56. The number of aryl methyl sites for hydroxylation is 1. The third kappa shape index (κ3) is 2.48. The number of nitrogens with zero attached hydrogens (tertiary/aromatic N) is 3. The van der Waals surface area contributed by atoms with E-state index in [1.165, 1.54) is 0 Å². The zero-order valence-corrected chi connectivity index (χ0v) is 10.5. The minimum absolute atomic E-state index is 0.488. The smallest absolute Gasteiger partial charge is 0.159 e. The van der Waals surface area contributed by atoms with Gasteiger partial charge in [-0.3, -0.25) is 0 Å². The molecule has 0 aliphatic carbocycles. The van der Waals surface area contributed by atoms with Gasteiger partial charge >= 0.3 is 0 Å². The summed E-state index contributed by atoms with van der Waals surface area (Å²) < 4.78 is 1.86. The first-order valence-corrected chi connectivity index (χ1v) is 6.00. The maximum Gasteiger partial charge on any atom is 0.159 e. The molecule has 0 amide bonds. The highest BCUT2D eigenvalue weighted by atomic mass is 35.5. The van der Waals surface area contributed by atoms with Crippen LogP contribution in [0.2, 0.25) is 5.02 Å². The van der Waals surface area contributed by atoms with Gasteiger partial charge in [-0.1, -0.05) is 24.6 Å². The normalized spacial score (nSPS) is 10.8. The van der Waals surface area contributed by atoms with E-state index in [2.05, 4.69) is 17.0 Å². The topological polar surface area (TPSA) is 56.7 Å². The average Bonchev–Trinajstić information content (AvgIpc) is 2.77. The zero-order chi connectivity index (χ0) is 12.3. The van der Waals surface area contributed by atoms with Crippen molar-refractivity contribution < 1.29 is 0 Å². The fraction of sp³-hybridized carbons (Fsp3) is 0.333. The molecule has 0 spiro atoms. The van der Waals surface area contributed by atoms with Crippen molar-refractivity contribution in [2.75, 3.05) is 0 Å². The summed E-state index contributed by atoms with van der Waals surface area (Å²) in [6.45, 7) is 3.43. The van der Waals surface area contributed by atoms with Crippen LogP contribution in [0.4, 0.5) is 0 Å². The summed E-state index contributed by atoms with van der Waals surface area (Å²) in [6.07, 6.45) is 2.56. The fourth-order valence-electron chi connectivity index (χ4n) is 1.72. The highest BCUT2D eigenvalue weighted by molar-refractivity contribution is 6.33. The molecule has 1 aromatic carbocycles. The second-order valence-electron chi connectivity index (χ2n) is 3.83. The van der Waals surface area contributed by atoms with Crippen molar-refractivity contribution in [1.29, 1.82) is 0 Å². The Morgan fingerprint density at radius 1 is 1.41 bits per heavy atom. The molecule has 0 fully saturated rings. The first-order valence-electron chi connectivity index (χ1n) is 5.63. The van der Waals surface area contributed by atoms with Gasteiger partial charge in [0.15, 0.2) is 5.82 Å². The molecule has 1 heterocycles. The van der Waals surface area contributed by atoms with Gasteiger partial charge in [-0.2, -0.15) is 5.10 Å². The molecule has 0 saturated heterocycles. The second kappa shape index (κ2) is 5.29. The molecule has 0 radical (unpaired) electrons. The van der Waals surface area contributed by atoms with Crippen LogP contribution in [0.15, 0.2) is 24.5 Å². The van der Waals surface area contributed by atoms with Crippen molar-refractivity contribution in [1.82, 2.24) is 14.8 Å². The first kappa shape index (κ1) is 12.1. The standard InChI is InChI=1S/C12H15ClN4/c1-2-5-17-12(15-8-16-17)10-4-3-9(7-14)6-11(10)13/h3-4,6,8H,2,5,7,14H2,1H3. The Balaban J connectivity index is 2.42. The summed E-state index contributed by atoms with van der Waals surface area (Å²) in [5.41, 5.74) is 7.49. The van der Waals surface area contributed by atoms with Crippen LogP contribution in [-0.4, -0.2) is 14.8 Å². The molecule has 0 atom stereocenters. The highest BCUT2D eigenvalue weighted by Gasteiger charge is 2.10. The fourth-order valence-corrected chi connectivity index (χ4v) is 2.00. The van der Waals surface area contributed by atoms with Gasteiger partial charge in [-0.15, -0.1) is 0 Å². The molecule has 0 unspecified atom stereocenters. The average molecular weight is 251 g/mol. The van der Waals surface area contributed by atoms with Crippen molar-refractivity contribution >= 4 is 11.6 Å². The van der Waals surface area contributed by atoms with Crippen molar-refractivity contribution in [3.63, 3.8) is 0 Å². The molecule has 5 heteroatoms. The van der Waals surface area contributed by atoms with Crippen molar-refractivity contribution in [2.24, 2.45) is 5.73 Å². The molecule has 2 rings (SSSR count). The predicted octanol–water partition coefficient (Wildman–Crippen LogP) is 2.47. The molecule has 0 saturated carbocycles. The number of nitrogens with two attached hydrogens (primary N) is 1. The number of hydrogen-bond donors (Lipinski definition) is 1. The summed E-state index contributed by atoms with van der Waals surface area (Å²) in [6, 6.07) is 5.79. The Morgan fingerprint density at radius 2 is 2.24 bits per heavy atom. The number of benzene rings is 1. The molecule has 2 N–H and O–H groups in total. The van der Waals surface area contributed by atoms with E-state index in [0.29, 0.717) is 11.6 Å². The minimum atomic E-state index is 0.488. The Labute approximate surface area is 105 Å². The lowest BCUT2D eigenvalue weighted by Gasteiger charge is -2.07. The van der Waals surface area contributed by atoms with Crippen molar-refractivity contribution in [3.8, 4) is 11.4 Å². The number of hydrogen-bond acceptors (Lipinski definition) is 3. The van der Waals surface area contributed by atoms with E-state index in [-0.39, 0.29) is 0 Å². The third-order valence-corrected chi connectivity index (χ3v) is 2.87. The SMILES string of the molecule is CCCn1ncnc1-c1ccc(CN)cc1Cl. The molecule has 17 heavy (non-hydrogen) atoms. The Bertz CT molecular complexity index is 507. The summed E-state index contributed by atoms with van der Waals surface area (Å²) in [5.74, 6) is 0.806. The van der Waals surface area contributed by atoms with Gasteiger partial charge < -0.3 is 5.73 Å². The zero-order valence-electron chi connectivity index (χ0n) is 9.73. The van der Waals surface area contributed by atoms with E-state index in [9.17, 15) is 0 Å². The van der Waals surface area contributed by atoms with Crippen LogP contribution in [0, 0.1) is 0 Å². The van der Waals surface area contributed by atoms with Crippen molar-refractivity contribution in [2.45, 2.75) is 26.4 Å². The summed E-state index contributed by atoms with van der Waals surface area (Å²) in [5, 5.41) is 4.85. The van der Waals surface area contributed by atoms with Gasteiger partial charge in [0.1, 0.15) is 6.33 Å². The van der Waals surface area contributed by atoms with Gasteiger partial charge in [-0.05, 0) is 24.1 Å². The van der Waals surface area contributed by atoms with E-state index >= 15 is 0 Å². The monoisotopic (exact) mass is 250 g/mol. The van der Waals surface area contributed by atoms with Crippen LogP contribution in [0.25, 0.3) is 11.4 Å². The Morgan fingerprint density at radius 3 is 2.88 bits per heavy atom. The molecular weight excluding hydrogens is 236 g/mol. The molecule has 1 aromatic heterocycles. The van der Waals surface area contributed by atoms with E-state index in [4.69, 9.17) is 17.3 Å². The van der Waals surface area contributed by atoms with Crippen LogP contribution in [0.1, 0.15) is 18.9 Å². The van der Waals surface area contributed by atoms with Crippen LogP contribution < -0.4 is 5.73 Å². The summed E-state index contributed by atoms with van der Waals surface area (Å²) in [7, 11) is 0. The quantitative estimate of drug-likeness (QED) is 0.907. The molecule has 0 aliphatic rings.